The van der Waals surface area contributed by atoms with Gasteiger partial charge in [0.2, 0.25) is 12.5 Å². The van der Waals surface area contributed by atoms with Gasteiger partial charge in [0.25, 0.3) is 0 Å². The van der Waals surface area contributed by atoms with Crippen LogP contribution in [0.25, 0.3) is 0 Å². The topological polar surface area (TPSA) is 72.5 Å². The van der Waals surface area contributed by atoms with Gasteiger partial charge in [-0.2, -0.15) is 0 Å². The number of fused-ring (bicyclic) bond motifs is 1. The van der Waals surface area contributed by atoms with Crippen molar-refractivity contribution in [3.05, 3.63) is 41.5 Å². The normalized spacial score (nSPS) is 20.0. The van der Waals surface area contributed by atoms with Crippen molar-refractivity contribution in [2.24, 2.45) is 5.92 Å². The molecule has 0 radical (unpaired) electrons. The average Bonchev–Trinajstić information content (AvgIpc) is 3.33. The van der Waals surface area contributed by atoms with Crippen molar-refractivity contribution in [3.63, 3.8) is 0 Å². The molecule has 2 atom stereocenters. The zero-order chi connectivity index (χ0) is 19.7. The number of methoxy groups -OCH3 is 3. The van der Waals surface area contributed by atoms with Crippen molar-refractivity contribution >= 4 is 5.97 Å². The van der Waals surface area contributed by atoms with E-state index in [2.05, 4.69) is 0 Å². The molecule has 0 aliphatic carbocycles. The SMILES string of the molecule is COc1cc(C[C@H]2C[C@@H](c3ccc4c(c3)OCO4)OC2=O)cc(OC)c1OC. The molecular weight excluding hydrogens is 364 g/mol. The Balaban J connectivity index is 1.52. The fourth-order valence-corrected chi connectivity index (χ4v) is 3.66. The quantitative estimate of drug-likeness (QED) is 0.706. The van der Waals surface area contributed by atoms with Gasteiger partial charge in [-0.3, -0.25) is 4.79 Å². The number of carbonyl (C=O) groups excluding carboxylic acids is 1. The van der Waals surface area contributed by atoms with Gasteiger partial charge in [-0.05, 0) is 41.8 Å². The van der Waals surface area contributed by atoms with E-state index in [1.165, 1.54) is 0 Å². The highest BCUT2D eigenvalue weighted by molar-refractivity contribution is 5.75. The second-order valence-electron chi connectivity index (χ2n) is 6.71. The lowest BCUT2D eigenvalue weighted by atomic mass is 9.93. The summed E-state index contributed by atoms with van der Waals surface area (Å²) in [7, 11) is 4.70. The molecule has 2 heterocycles. The van der Waals surface area contributed by atoms with Crippen LogP contribution >= 0.6 is 0 Å². The Hall–Kier alpha value is -3.09. The zero-order valence-electron chi connectivity index (χ0n) is 16.0. The monoisotopic (exact) mass is 386 g/mol. The number of rotatable bonds is 6. The molecule has 2 aromatic carbocycles. The number of ether oxygens (including phenoxy) is 6. The summed E-state index contributed by atoms with van der Waals surface area (Å²) >= 11 is 0. The fourth-order valence-electron chi connectivity index (χ4n) is 3.66. The molecule has 0 bridgehead atoms. The molecule has 28 heavy (non-hydrogen) atoms. The Morgan fingerprint density at radius 1 is 0.964 bits per heavy atom. The predicted octanol–water partition coefficient (Wildman–Crippen LogP) is 3.29. The Morgan fingerprint density at radius 2 is 1.68 bits per heavy atom. The highest BCUT2D eigenvalue weighted by Gasteiger charge is 2.36. The molecule has 1 saturated heterocycles. The van der Waals surface area contributed by atoms with Gasteiger partial charge < -0.3 is 28.4 Å². The first kappa shape index (κ1) is 18.3. The van der Waals surface area contributed by atoms with E-state index < -0.39 is 0 Å². The van der Waals surface area contributed by atoms with Gasteiger partial charge in [-0.15, -0.1) is 0 Å². The number of hydrogen-bond acceptors (Lipinski definition) is 7. The molecule has 0 unspecified atom stereocenters. The van der Waals surface area contributed by atoms with Crippen LogP contribution in [0.5, 0.6) is 28.7 Å². The molecule has 2 aliphatic heterocycles. The molecule has 148 valence electrons. The van der Waals surface area contributed by atoms with Crippen molar-refractivity contribution in [2.45, 2.75) is 18.9 Å². The summed E-state index contributed by atoms with van der Waals surface area (Å²) in [5, 5.41) is 0. The molecule has 0 aromatic heterocycles. The lowest BCUT2D eigenvalue weighted by Gasteiger charge is -2.15. The fraction of sp³-hybridized carbons (Fsp3) is 0.381. The van der Waals surface area contributed by atoms with Crippen LogP contribution in [0.15, 0.2) is 30.3 Å². The summed E-state index contributed by atoms with van der Waals surface area (Å²) in [6, 6.07) is 9.36. The molecular formula is C21H22O7. The van der Waals surface area contributed by atoms with E-state index in [-0.39, 0.29) is 24.8 Å². The van der Waals surface area contributed by atoms with E-state index in [0.717, 1.165) is 11.1 Å². The van der Waals surface area contributed by atoms with Gasteiger partial charge in [-0.25, -0.2) is 0 Å². The highest BCUT2D eigenvalue weighted by atomic mass is 16.7. The van der Waals surface area contributed by atoms with Gasteiger partial charge in [0, 0.05) is 6.42 Å². The average molecular weight is 386 g/mol. The Bertz CT molecular complexity index is 867. The predicted molar refractivity (Wildman–Crippen MR) is 99.3 cm³/mol. The first-order valence-corrected chi connectivity index (χ1v) is 9.02. The maximum atomic E-state index is 12.5. The van der Waals surface area contributed by atoms with Crippen molar-refractivity contribution in [2.75, 3.05) is 28.1 Å². The molecule has 0 saturated carbocycles. The van der Waals surface area contributed by atoms with E-state index in [1.807, 2.05) is 30.3 Å². The number of cyclic esters (lactones) is 1. The van der Waals surface area contributed by atoms with E-state index >= 15 is 0 Å². The molecule has 2 aromatic rings. The van der Waals surface area contributed by atoms with Crippen molar-refractivity contribution < 1.29 is 33.2 Å². The second kappa shape index (κ2) is 7.50. The van der Waals surface area contributed by atoms with Crippen LogP contribution < -0.4 is 23.7 Å². The van der Waals surface area contributed by atoms with Gasteiger partial charge in [0.05, 0.1) is 27.2 Å². The van der Waals surface area contributed by atoms with E-state index in [0.29, 0.717) is 41.6 Å². The molecule has 4 rings (SSSR count). The zero-order valence-corrected chi connectivity index (χ0v) is 16.0. The number of benzene rings is 2. The maximum Gasteiger partial charge on any atom is 0.310 e. The second-order valence-corrected chi connectivity index (χ2v) is 6.71. The Kier molecular flexibility index (Phi) is 4.90. The third-order valence-electron chi connectivity index (χ3n) is 5.07. The molecule has 0 N–H and O–H groups in total. The standard InChI is InChI=1S/C21H22O7/c1-23-18-7-12(8-19(24-2)20(18)25-3)6-14-10-16(28-21(14)22)13-4-5-15-17(9-13)27-11-26-15/h4-5,7-9,14,16H,6,10-11H2,1-3H3/t14-,16-/m0/s1. The van der Waals surface area contributed by atoms with Crippen LogP contribution in [0.1, 0.15) is 23.7 Å². The summed E-state index contributed by atoms with van der Waals surface area (Å²) in [4.78, 5) is 12.5. The van der Waals surface area contributed by atoms with E-state index in [9.17, 15) is 4.79 Å². The molecule has 2 aliphatic rings. The summed E-state index contributed by atoms with van der Waals surface area (Å²) in [6.07, 6.45) is 0.820. The third-order valence-corrected chi connectivity index (χ3v) is 5.07. The number of carbonyl (C=O) groups is 1. The molecule has 0 amide bonds. The Morgan fingerprint density at radius 3 is 2.36 bits per heavy atom. The lowest BCUT2D eigenvalue weighted by molar-refractivity contribution is -0.144. The van der Waals surface area contributed by atoms with Crippen molar-refractivity contribution in [1.82, 2.24) is 0 Å². The van der Waals surface area contributed by atoms with Gasteiger partial charge in [0.1, 0.15) is 6.10 Å². The Labute approximate surface area is 163 Å². The van der Waals surface area contributed by atoms with E-state index in [1.54, 1.807) is 21.3 Å². The van der Waals surface area contributed by atoms with Crippen molar-refractivity contribution in [1.29, 1.82) is 0 Å². The van der Waals surface area contributed by atoms with Crippen LogP contribution in [0.2, 0.25) is 0 Å². The largest absolute Gasteiger partial charge is 0.493 e. The maximum absolute atomic E-state index is 12.5. The summed E-state index contributed by atoms with van der Waals surface area (Å²) < 4.78 is 32.5. The summed E-state index contributed by atoms with van der Waals surface area (Å²) in [5.74, 6) is 2.59. The van der Waals surface area contributed by atoms with Crippen LogP contribution in [0, 0.1) is 5.92 Å². The number of hydrogen-bond donors (Lipinski definition) is 0. The molecule has 1 fully saturated rings. The first-order chi connectivity index (χ1) is 13.6. The van der Waals surface area contributed by atoms with Gasteiger partial charge >= 0.3 is 5.97 Å². The van der Waals surface area contributed by atoms with Crippen LogP contribution in [-0.2, 0) is 16.0 Å². The molecule has 7 heteroatoms. The van der Waals surface area contributed by atoms with E-state index in [4.69, 9.17) is 28.4 Å². The van der Waals surface area contributed by atoms with Crippen molar-refractivity contribution in [3.8, 4) is 28.7 Å². The highest BCUT2D eigenvalue weighted by Crippen LogP contribution is 2.42. The first-order valence-electron chi connectivity index (χ1n) is 9.02. The number of esters is 1. The summed E-state index contributed by atoms with van der Waals surface area (Å²) in [6.45, 7) is 0.215. The summed E-state index contributed by atoms with van der Waals surface area (Å²) in [5.41, 5.74) is 1.83. The van der Waals surface area contributed by atoms with Gasteiger partial charge in [0.15, 0.2) is 23.0 Å². The smallest absolute Gasteiger partial charge is 0.310 e. The minimum atomic E-state index is -0.297. The van der Waals surface area contributed by atoms with Gasteiger partial charge in [-0.1, -0.05) is 6.07 Å². The molecule has 7 nitrogen and oxygen atoms in total. The van der Waals surface area contributed by atoms with Crippen LogP contribution in [0.4, 0.5) is 0 Å². The minimum Gasteiger partial charge on any atom is -0.493 e. The lowest BCUT2D eigenvalue weighted by Crippen LogP contribution is -2.11. The van der Waals surface area contributed by atoms with Crippen LogP contribution in [0.3, 0.4) is 0 Å². The minimum absolute atomic E-state index is 0.212. The van der Waals surface area contributed by atoms with Crippen LogP contribution in [-0.4, -0.2) is 34.1 Å². The molecule has 0 spiro atoms. The third kappa shape index (κ3) is 3.28.